The summed E-state index contributed by atoms with van der Waals surface area (Å²) in [4.78, 5) is 24.2. The van der Waals surface area contributed by atoms with Crippen molar-refractivity contribution in [2.75, 3.05) is 20.2 Å². The minimum absolute atomic E-state index is 0.196. The van der Waals surface area contributed by atoms with E-state index in [1.807, 2.05) is 47.4 Å². The molecule has 0 radical (unpaired) electrons. The van der Waals surface area contributed by atoms with Crippen LogP contribution in [0, 0.1) is 0 Å². The van der Waals surface area contributed by atoms with Gasteiger partial charge in [-0.25, -0.2) is 0 Å². The monoisotopic (exact) mass is 415 g/mol. The summed E-state index contributed by atoms with van der Waals surface area (Å²) in [6, 6.07) is 18.3. The molecule has 1 aliphatic rings. The Kier molecular flexibility index (Phi) is 6.92. The fourth-order valence-corrected chi connectivity index (χ4v) is 4.31. The largest absolute Gasteiger partial charge is 0.497 e. The summed E-state index contributed by atoms with van der Waals surface area (Å²) in [5.41, 5.74) is 4.13. The number of carbonyl (C=O) groups is 1. The minimum atomic E-state index is 0.196. The number of piperidine rings is 1. The van der Waals surface area contributed by atoms with E-state index in [-0.39, 0.29) is 11.8 Å². The third kappa shape index (κ3) is 5.29. The molecule has 0 spiro atoms. The number of aromatic nitrogens is 2. The van der Waals surface area contributed by atoms with Crippen molar-refractivity contribution < 1.29 is 9.53 Å². The number of ether oxygens (including phenoxy) is 1. The van der Waals surface area contributed by atoms with E-state index in [1.165, 1.54) is 5.56 Å². The average molecular weight is 416 g/mol. The van der Waals surface area contributed by atoms with E-state index < -0.39 is 0 Å². The summed E-state index contributed by atoms with van der Waals surface area (Å²) in [7, 11) is 1.67. The van der Waals surface area contributed by atoms with Crippen LogP contribution < -0.4 is 4.74 Å². The van der Waals surface area contributed by atoms with E-state index in [0.29, 0.717) is 13.0 Å². The van der Waals surface area contributed by atoms with Gasteiger partial charge in [0.05, 0.1) is 18.5 Å². The fraction of sp³-hybridized carbons (Fsp3) is 0.346. The predicted molar refractivity (Wildman–Crippen MR) is 122 cm³/mol. The molecule has 2 heterocycles. The Morgan fingerprint density at radius 2 is 1.94 bits per heavy atom. The first kappa shape index (κ1) is 21.0. The Bertz CT molecular complexity index is 1010. The number of amides is 1. The number of benzene rings is 2. The number of nitrogens with zero attached hydrogens (tertiary/aromatic N) is 3. The molecule has 1 saturated heterocycles. The van der Waals surface area contributed by atoms with E-state index in [0.717, 1.165) is 54.9 Å². The van der Waals surface area contributed by atoms with E-state index in [2.05, 4.69) is 22.1 Å². The van der Waals surface area contributed by atoms with E-state index in [4.69, 9.17) is 4.74 Å². The number of carbonyl (C=O) groups excluding carboxylic acids is 1. The first-order valence-corrected chi connectivity index (χ1v) is 11.0. The van der Waals surface area contributed by atoms with Crippen molar-refractivity contribution in [3.8, 4) is 17.0 Å². The molecule has 31 heavy (non-hydrogen) atoms. The Morgan fingerprint density at radius 3 is 2.77 bits per heavy atom. The molecule has 1 aromatic heterocycles. The van der Waals surface area contributed by atoms with Gasteiger partial charge >= 0.3 is 0 Å². The van der Waals surface area contributed by atoms with Gasteiger partial charge in [-0.2, -0.15) is 0 Å². The Hall–Kier alpha value is -3.21. The molecule has 160 valence electrons. The van der Waals surface area contributed by atoms with Gasteiger partial charge in [0.25, 0.3) is 0 Å². The van der Waals surface area contributed by atoms with Crippen LogP contribution in [0.15, 0.2) is 67.0 Å². The molecule has 0 saturated carbocycles. The van der Waals surface area contributed by atoms with Gasteiger partial charge in [0.15, 0.2) is 0 Å². The van der Waals surface area contributed by atoms with Crippen molar-refractivity contribution >= 4 is 5.91 Å². The van der Waals surface area contributed by atoms with E-state index >= 15 is 0 Å². The Morgan fingerprint density at radius 1 is 1.10 bits per heavy atom. The zero-order chi connectivity index (χ0) is 21.5. The molecule has 5 nitrogen and oxygen atoms in total. The standard InChI is InChI=1S/C26H29N3O2/c1-31-23-13-6-11-21(18-23)25-26(28-16-15-27-25)22-12-7-17-29(19-22)24(30)14-5-10-20-8-3-2-4-9-20/h2-4,6,8-9,11,13,15-16,18,22H,5,7,10,12,14,17,19H2,1H3/t22-/m1/s1. The summed E-state index contributed by atoms with van der Waals surface area (Å²) in [5.74, 6) is 1.24. The molecule has 1 fully saturated rings. The highest BCUT2D eigenvalue weighted by atomic mass is 16.5. The van der Waals surface area contributed by atoms with Crippen molar-refractivity contribution in [1.82, 2.24) is 14.9 Å². The van der Waals surface area contributed by atoms with Gasteiger partial charge < -0.3 is 9.64 Å². The normalized spacial score (nSPS) is 16.2. The summed E-state index contributed by atoms with van der Waals surface area (Å²) in [6.45, 7) is 1.54. The lowest BCUT2D eigenvalue weighted by Gasteiger charge is -2.33. The molecule has 1 amide bonds. The average Bonchev–Trinajstić information content (AvgIpc) is 2.85. The second kappa shape index (κ2) is 10.2. The van der Waals surface area contributed by atoms with Gasteiger partial charge in [-0.15, -0.1) is 0 Å². The molecule has 3 aromatic rings. The van der Waals surface area contributed by atoms with Crippen LogP contribution in [0.2, 0.25) is 0 Å². The maximum Gasteiger partial charge on any atom is 0.222 e. The number of likely N-dealkylation sites (tertiary alicyclic amines) is 1. The van der Waals surface area contributed by atoms with Crippen LogP contribution in [0.1, 0.15) is 42.9 Å². The van der Waals surface area contributed by atoms with Crippen LogP contribution in [-0.2, 0) is 11.2 Å². The lowest BCUT2D eigenvalue weighted by Crippen LogP contribution is -2.39. The van der Waals surface area contributed by atoms with E-state index in [9.17, 15) is 4.79 Å². The van der Waals surface area contributed by atoms with Crippen LogP contribution >= 0.6 is 0 Å². The van der Waals surface area contributed by atoms with Crippen LogP contribution in [0.5, 0.6) is 5.75 Å². The van der Waals surface area contributed by atoms with Gasteiger partial charge in [0, 0.05) is 43.4 Å². The summed E-state index contributed by atoms with van der Waals surface area (Å²) < 4.78 is 5.38. The lowest BCUT2D eigenvalue weighted by molar-refractivity contribution is -0.132. The summed E-state index contributed by atoms with van der Waals surface area (Å²) in [5, 5.41) is 0. The van der Waals surface area contributed by atoms with Gasteiger partial charge in [-0.05, 0) is 43.4 Å². The highest BCUT2D eigenvalue weighted by molar-refractivity contribution is 5.76. The van der Waals surface area contributed by atoms with Crippen LogP contribution in [0.25, 0.3) is 11.3 Å². The molecule has 5 heteroatoms. The Balaban J connectivity index is 1.43. The number of rotatable bonds is 7. The number of methoxy groups -OCH3 is 1. The van der Waals surface area contributed by atoms with Crippen LogP contribution in [0.3, 0.4) is 0 Å². The van der Waals surface area contributed by atoms with Crippen molar-refractivity contribution in [2.24, 2.45) is 0 Å². The van der Waals surface area contributed by atoms with Crippen molar-refractivity contribution in [3.05, 3.63) is 78.2 Å². The number of hydrogen-bond acceptors (Lipinski definition) is 4. The van der Waals surface area contributed by atoms with Gasteiger partial charge in [-0.1, -0.05) is 42.5 Å². The molecular weight excluding hydrogens is 386 g/mol. The smallest absolute Gasteiger partial charge is 0.222 e. The lowest BCUT2D eigenvalue weighted by atomic mass is 9.91. The quantitative estimate of drug-likeness (QED) is 0.552. The molecule has 0 bridgehead atoms. The van der Waals surface area contributed by atoms with Crippen LogP contribution in [-0.4, -0.2) is 41.0 Å². The first-order valence-electron chi connectivity index (χ1n) is 11.0. The predicted octanol–water partition coefficient (Wildman–Crippen LogP) is 4.88. The molecule has 0 N–H and O–H groups in total. The summed E-state index contributed by atoms with van der Waals surface area (Å²) >= 11 is 0. The third-order valence-corrected chi connectivity index (χ3v) is 5.93. The molecule has 4 rings (SSSR count). The second-order valence-corrected chi connectivity index (χ2v) is 8.04. The van der Waals surface area contributed by atoms with Crippen molar-refractivity contribution in [1.29, 1.82) is 0 Å². The zero-order valence-corrected chi connectivity index (χ0v) is 18.0. The van der Waals surface area contributed by atoms with Gasteiger partial charge in [0.1, 0.15) is 5.75 Å². The van der Waals surface area contributed by atoms with Crippen LogP contribution in [0.4, 0.5) is 0 Å². The molecule has 1 atom stereocenters. The third-order valence-electron chi connectivity index (χ3n) is 5.93. The molecule has 1 aliphatic heterocycles. The maximum atomic E-state index is 12.9. The van der Waals surface area contributed by atoms with Gasteiger partial charge in [0.2, 0.25) is 5.91 Å². The highest BCUT2D eigenvalue weighted by Crippen LogP contribution is 2.33. The molecular formula is C26H29N3O2. The minimum Gasteiger partial charge on any atom is -0.497 e. The maximum absolute atomic E-state index is 12.9. The second-order valence-electron chi connectivity index (χ2n) is 8.04. The number of hydrogen-bond donors (Lipinski definition) is 0. The number of aryl methyl sites for hydroxylation is 1. The topological polar surface area (TPSA) is 55.3 Å². The SMILES string of the molecule is COc1cccc(-c2nccnc2[C@@H]2CCCN(C(=O)CCCc3ccccc3)C2)c1. The highest BCUT2D eigenvalue weighted by Gasteiger charge is 2.27. The Labute approximate surface area is 184 Å². The molecule has 0 aliphatic carbocycles. The zero-order valence-electron chi connectivity index (χ0n) is 18.0. The van der Waals surface area contributed by atoms with Crippen molar-refractivity contribution in [3.63, 3.8) is 0 Å². The first-order chi connectivity index (χ1) is 15.2. The molecule has 2 aromatic carbocycles. The van der Waals surface area contributed by atoms with Gasteiger partial charge in [-0.3, -0.25) is 14.8 Å². The summed E-state index contributed by atoms with van der Waals surface area (Å²) in [6.07, 6.45) is 7.89. The van der Waals surface area contributed by atoms with Crippen molar-refractivity contribution in [2.45, 2.75) is 38.0 Å². The van der Waals surface area contributed by atoms with E-state index in [1.54, 1.807) is 19.5 Å². The molecule has 0 unspecified atom stereocenters. The fourth-order valence-electron chi connectivity index (χ4n) is 4.31.